The van der Waals surface area contributed by atoms with Crippen LogP contribution in [0.5, 0.6) is 0 Å². The number of rotatable bonds is 6. The molecule has 0 radical (unpaired) electrons. The summed E-state index contributed by atoms with van der Waals surface area (Å²) in [6.07, 6.45) is 0. The highest BCUT2D eigenvalue weighted by Gasteiger charge is 2.25. The molecule has 144 valence electrons. The van der Waals surface area contributed by atoms with Crippen LogP contribution < -0.4 is 0 Å². The first-order valence-electron chi connectivity index (χ1n) is 7.86. The highest BCUT2D eigenvalue weighted by molar-refractivity contribution is 7.90. The third-order valence-corrected chi connectivity index (χ3v) is 6.80. The molecule has 2 rings (SSSR count). The molecule has 0 saturated heterocycles. The summed E-state index contributed by atoms with van der Waals surface area (Å²) in [5.41, 5.74) is 0.0108. The molecule has 1 aromatic heterocycles. The molecule has 10 heteroatoms. The van der Waals surface area contributed by atoms with Crippen molar-refractivity contribution < 1.29 is 21.4 Å². The second-order valence-corrected chi connectivity index (χ2v) is 11.4. The first-order valence-corrected chi connectivity index (χ1v) is 11.1. The number of hydrogen-bond acceptors (Lipinski definition) is 7. The Morgan fingerprint density at radius 2 is 1.73 bits per heavy atom. The molecule has 0 unspecified atom stereocenters. The molecule has 2 aromatic rings. The Morgan fingerprint density at radius 3 is 2.27 bits per heavy atom. The van der Waals surface area contributed by atoms with Crippen LogP contribution >= 0.6 is 0 Å². The highest BCUT2D eigenvalue weighted by atomic mass is 32.2. The molecule has 0 atom stereocenters. The number of aromatic nitrogens is 2. The fraction of sp³-hybridized carbons (Fsp3) is 0.500. The van der Waals surface area contributed by atoms with Gasteiger partial charge in [-0.1, -0.05) is 38.1 Å². The lowest BCUT2D eigenvalue weighted by molar-refractivity contribution is 0.319. The molecule has 0 fully saturated rings. The van der Waals surface area contributed by atoms with Gasteiger partial charge in [0.1, 0.15) is 5.75 Å². The summed E-state index contributed by atoms with van der Waals surface area (Å²) in [5, 5.41) is 3.72. The molecule has 0 N–H and O–H groups in total. The zero-order chi connectivity index (χ0) is 19.8. The van der Waals surface area contributed by atoms with Crippen molar-refractivity contribution in [3.8, 4) is 0 Å². The van der Waals surface area contributed by atoms with Crippen molar-refractivity contribution in [2.45, 2.75) is 42.6 Å². The lowest BCUT2D eigenvalue weighted by Gasteiger charge is -2.12. The first kappa shape index (κ1) is 20.5. The van der Waals surface area contributed by atoms with Crippen LogP contribution in [-0.2, 0) is 36.8 Å². The Labute approximate surface area is 154 Å². The summed E-state index contributed by atoms with van der Waals surface area (Å²) in [6.45, 7) is 5.65. The van der Waals surface area contributed by atoms with Crippen LogP contribution in [0.4, 0.5) is 0 Å². The lowest BCUT2D eigenvalue weighted by atomic mass is 9.97. The van der Waals surface area contributed by atoms with Gasteiger partial charge in [0, 0.05) is 19.5 Å². The predicted molar refractivity (Wildman–Crippen MR) is 96.6 cm³/mol. The minimum Gasteiger partial charge on any atom is -0.339 e. The minimum atomic E-state index is -3.63. The first-order chi connectivity index (χ1) is 11.8. The molecule has 0 saturated carbocycles. The third kappa shape index (κ3) is 4.89. The predicted octanol–water partition coefficient (Wildman–Crippen LogP) is 1.73. The van der Waals surface area contributed by atoms with E-state index in [4.69, 9.17) is 4.52 Å². The van der Waals surface area contributed by atoms with Crippen molar-refractivity contribution in [1.29, 1.82) is 0 Å². The molecule has 0 amide bonds. The van der Waals surface area contributed by atoms with Gasteiger partial charge >= 0.3 is 0 Å². The number of sulfonamides is 1. The molecule has 0 bridgehead atoms. The van der Waals surface area contributed by atoms with E-state index >= 15 is 0 Å². The van der Waals surface area contributed by atoms with Crippen LogP contribution in [0.15, 0.2) is 33.7 Å². The Morgan fingerprint density at radius 1 is 1.08 bits per heavy atom. The maximum Gasteiger partial charge on any atom is 0.242 e. The Hall–Kier alpha value is -1.78. The van der Waals surface area contributed by atoms with Crippen LogP contribution in [-0.4, -0.2) is 45.4 Å². The normalized spacial score (nSPS) is 13.3. The maximum atomic E-state index is 12.4. The van der Waals surface area contributed by atoms with Crippen molar-refractivity contribution in [3.05, 3.63) is 41.5 Å². The van der Waals surface area contributed by atoms with E-state index in [0.717, 1.165) is 4.31 Å². The summed E-state index contributed by atoms with van der Waals surface area (Å²) < 4.78 is 55.4. The Kier molecular flexibility index (Phi) is 5.60. The molecule has 26 heavy (non-hydrogen) atoms. The van der Waals surface area contributed by atoms with Gasteiger partial charge in [-0.05, 0) is 17.7 Å². The van der Waals surface area contributed by atoms with E-state index in [9.17, 15) is 16.8 Å². The molecule has 0 aliphatic heterocycles. The van der Waals surface area contributed by atoms with Crippen LogP contribution in [0.25, 0.3) is 0 Å². The Balaban J connectivity index is 2.21. The SMILES string of the molecule is CN(C)S(=O)(=O)c1cccc(CS(=O)(=O)Cc2noc(C(C)(C)C)n2)c1. The van der Waals surface area contributed by atoms with Gasteiger partial charge in [0.25, 0.3) is 0 Å². The van der Waals surface area contributed by atoms with Gasteiger partial charge < -0.3 is 4.52 Å². The number of benzene rings is 1. The molecular weight excluding hydrogens is 378 g/mol. The summed E-state index contributed by atoms with van der Waals surface area (Å²) >= 11 is 0. The number of hydrogen-bond donors (Lipinski definition) is 0. The van der Waals surface area contributed by atoms with Gasteiger partial charge in [-0.3, -0.25) is 0 Å². The lowest BCUT2D eigenvalue weighted by Crippen LogP contribution is -2.22. The van der Waals surface area contributed by atoms with E-state index in [1.165, 1.54) is 32.3 Å². The van der Waals surface area contributed by atoms with E-state index in [2.05, 4.69) is 10.1 Å². The number of nitrogens with zero attached hydrogens (tertiary/aromatic N) is 3. The fourth-order valence-electron chi connectivity index (χ4n) is 2.13. The molecule has 0 aliphatic rings. The quantitative estimate of drug-likeness (QED) is 0.725. The average molecular weight is 402 g/mol. The maximum absolute atomic E-state index is 12.4. The van der Waals surface area contributed by atoms with Crippen molar-refractivity contribution in [3.63, 3.8) is 0 Å². The van der Waals surface area contributed by atoms with Gasteiger partial charge in [0.15, 0.2) is 15.7 Å². The van der Waals surface area contributed by atoms with E-state index in [-0.39, 0.29) is 27.6 Å². The number of sulfone groups is 1. The standard InChI is InChI=1S/C16H23N3O5S2/c1-16(2,3)15-17-14(18-24-15)11-25(20,21)10-12-7-6-8-13(9-12)26(22,23)19(4)5/h6-9H,10-11H2,1-5H3. The van der Waals surface area contributed by atoms with Gasteiger partial charge in [-0.25, -0.2) is 21.1 Å². The van der Waals surface area contributed by atoms with E-state index in [1.807, 2.05) is 20.8 Å². The van der Waals surface area contributed by atoms with E-state index < -0.39 is 19.9 Å². The molecule has 0 spiro atoms. The summed E-state index contributed by atoms with van der Waals surface area (Å²) in [6, 6.07) is 5.89. The van der Waals surface area contributed by atoms with Crippen molar-refractivity contribution in [2.24, 2.45) is 0 Å². The zero-order valence-corrected chi connectivity index (χ0v) is 17.1. The molecule has 1 aromatic carbocycles. The summed E-state index contributed by atoms with van der Waals surface area (Å²) in [5.74, 6) is -0.241. The van der Waals surface area contributed by atoms with E-state index in [1.54, 1.807) is 6.07 Å². The van der Waals surface area contributed by atoms with Crippen molar-refractivity contribution >= 4 is 19.9 Å². The Bertz CT molecular complexity index is 987. The monoisotopic (exact) mass is 401 g/mol. The zero-order valence-electron chi connectivity index (χ0n) is 15.4. The van der Waals surface area contributed by atoms with Gasteiger partial charge in [-0.15, -0.1) is 0 Å². The third-order valence-electron chi connectivity index (χ3n) is 3.52. The molecule has 8 nitrogen and oxygen atoms in total. The highest BCUT2D eigenvalue weighted by Crippen LogP contribution is 2.21. The van der Waals surface area contributed by atoms with Crippen molar-refractivity contribution in [1.82, 2.24) is 14.4 Å². The van der Waals surface area contributed by atoms with Crippen LogP contribution in [0, 0.1) is 0 Å². The van der Waals surface area contributed by atoms with Gasteiger partial charge in [-0.2, -0.15) is 4.98 Å². The molecule has 1 heterocycles. The van der Waals surface area contributed by atoms with Crippen LogP contribution in [0.3, 0.4) is 0 Å². The topological polar surface area (TPSA) is 110 Å². The summed E-state index contributed by atoms with van der Waals surface area (Å²) in [4.78, 5) is 4.17. The van der Waals surface area contributed by atoms with Crippen LogP contribution in [0.1, 0.15) is 38.0 Å². The molecular formula is C16H23N3O5S2. The smallest absolute Gasteiger partial charge is 0.242 e. The minimum absolute atomic E-state index is 0.0461. The van der Waals surface area contributed by atoms with Crippen LogP contribution in [0.2, 0.25) is 0 Å². The van der Waals surface area contributed by atoms with Gasteiger partial charge in [0.2, 0.25) is 15.9 Å². The average Bonchev–Trinajstić information content (AvgIpc) is 2.94. The van der Waals surface area contributed by atoms with E-state index in [0.29, 0.717) is 11.5 Å². The van der Waals surface area contributed by atoms with Crippen molar-refractivity contribution in [2.75, 3.05) is 14.1 Å². The van der Waals surface area contributed by atoms with Gasteiger partial charge in [0.05, 0.1) is 10.6 Å². The largest absolute Gasteiger partial charge is 0.339 e. The molecule has 0 aliphatic carbocycles. The second kappa shape index (κ2) is 7.09. The summed E-state index contributed by atoms with van der Waals surface area (Å²) in [7, 11) is -4.39. The fourth-order valence-corrected chi connectivity index (χ4v) is 4.40. The second-order valence-electron chi connectivity index (χ2n) is 7.23.